The van der Waals surface area contributed by atoms with Gasteiger partial charge in [-0.15, -0.1) is 0 Å². The van der Waals surface area contributed by atoms with Crippen LogP contribution in [0.1, 0.15) is 65.2 Å². The molecule has 0 spiro atoms. The van der Waals surface area contributed by atoms with Crippen LogP contribution in [0, 0.1) is 11.8 Å². The number of carbonyl (C=O) groups excluding carboxylic acids is 2. The van der Waals surface area contributed by atoms with E-state index in [1.807, 2.05) is 0 Å². The Balaban J connectivity index is 2.10. The quantitative estimate of drug-likeness (QED) is 0.506. The maximum absolute atomic E-state index is 11.8. The van der Waals surface area contributed by atoms with E-state index in [2.05, 4.69) is 6.92 Å². The molecule has 0 heterocycles. The second-order valence-electron chi connectivity index (χ2n) is 5.72. The Morgan fingerprint density at radius 3 is 2.25 bits per heavy atom. The summed E-state index contributed by atoms with van der Waals surface area (Å²) >= 11 is 0. The molecule has 1 aliphatic carbocycles. The standard InChI is InChI=1S/C16H28O4/c1-3-4-5-6-14-7-9-15(10-8-14)16(18)20-12-11-19-13(2)17/h14-15H,3-12H2,1-2H3. The van der Waals surface area contributed by atoms with Crippen LogP contribution in [0.3, 0.4) is 0 Å². The van der Waals surface area contributed by atoms with Gasteiger partial charge in [-0.2, -0.15) is 0 Å². The molecule has 1 fully saturated rings. The van der Waals surface area contributed by atoms with Crippen molar-refractivity contribution >= 4 is 11.9 Å². The van der Waals surface area contributed by atoms with Gasteiger partial charge in [-0.05, 0) is 31.6 Å². The van der Waals surface area contributed by atoms with Crippen LogP contribution in [0.2, 0.25) is 0 Å². The van der Waals surface area contributed by atoms with Gasteiger partial charge in [0.1, 0.15) is 13.2 Å². The zero-order chi connectivity index (χ0) is 14.8. The van der Waals surface area contributed by atoms with Gasteiger partial charge < -0.3 is 9.47 Å². The lowest BCUT2D eigenvalue weighted by atomic mass is 9.80. The predicted molar refractivity (Wildman–Crippen MR) is 77.2 cm³/mol. The summed E-state index contributed by atoms with van der Waals surface area (Å²) in [6.07, 6.45) is 9.40. The Bertz CT molecular complexity index is 293. The molecule has 0 amide bonds. The first-order chi connectivity index (χ1) is 9.63. The Kier molecular flexibility index (Phi) is 8.31. The molecule has 1 saturated carbocycles. The second-order valence-corrected chi connectivity index (χ2v) is 5.72. The van der Waals surface area contributed by atoms with E-state index in [-0.39, 0.29) is 31.1 Å². The highest BCUT2D eigenvalue weighted by molar-refractivity contribution is 5.72. The lowest BCUT2D eigenvalue weighted by Gasteiger charge is -2.27. The van der Waals surface area contributed by atoms with Gasteiger partial charge in [0, 0.05) is 6.92 Å². The molecule has 0 aliphatic heterocycles. The molecule has 0 N–H and O–H groups in total. The van der Waals surface area contributed by atoms with Crippen LogP contribution in [0.5, 0.6) is 0 Å². The average Bonchev–Trinajstić information content (AvgIpc) is 2.44. The van der Waals surface area contributed by atoms with Crippen LogP contribution in [-0.4, -0.2) is 25.2 Å². The van der Waals surface area contributed by atoms with Crippen LogP contribution < -0.4 is 0 Å². The molecular formula is C16H28O4. The molecule has 0 aromatic carbocycles. The maximum atomic E-state index is 11.8. The van der Waals surface area contributed by atoms with E-state index >= 15 is 0 Å². The molecule has 0 radical (unpaired) electrons. The fourth-order valence-corrected chi connectivity index (χ4v) is 2.82. The van der Waals surface area contributed by atoms with Gasteiger partial charge in [-0.25, -0.2) is 0 Å². The number of hydrogen-bond donors (Lipinski definition) is 0. The van der Waals surface area contributed by atoms with Crippen LogP contribution >= 0.6 is 0 Å². The molecule has 4 heteroatoms. The average molecular weight is 284 g/mol. The normalized spacial score (nSPS) is 22.3. The minimum absolute atomic E-state index is 0.0507. The molecule has 0 aromatic rings. The van der Waals surface area contributed by atoms with E-state index < -0.39 is 0 Å². The minimum Gasteiger partial charge on any atom is -0.462 e. The third-order valence-corrected chi connectivity index (χ3v) is 4.03. The first-order valence-corrected chi connectivity index (χ1v) is 7.93. The van der Waals surface area contributed by atoms with Crippen LogP contribution in [-0.2, 0) is 19.1 Å². The lowest BCUT2D eigenvalue weighted by molar-refractivity contribution is -0.155. The number of ether oxygens (including phenoxy) is 2. The van der Waals surface area contributed by atoms with Gasteiger partial charge in [0.2, 0.25) is 0 Å². The third kappa shape index (κ3) is 6.92. The van der Waals surface area contributed by atoms with E-state index in [0.29, 0.717) is 0 Å². The van der Waals surface area contributed by atoms with Crippen molar-refractivity contribution in [2.75, 3.05) is 13.2 Å². The van der Waals surface area contributed by atoms with E-state index in [1.165, 1.54) is 32.6 Å². The molecule has 1 aliphatic rings. The van der Waals surface area contributed by atoms with Gasteiger partial charge >= 0.3 is 11.9 Å². The SMILES string of the molecule is CCCCCC1CCC(C(=O)OCCOC(C)=O)CC1. The monoisotopic (exact) mass is 284 g/mol. The molecule has 1 rings (SSSR count). The molecule has 0 atom stereocenters. The molecule has 0 saturated heterocycles. The first kappa shape index (κ1) is 17.0. The summed E-state index contributed by atoms with van der Waals surface area (Å²) in [5.41, 5.74) is 0. The summed E-state index contributed by atoms with van der Waals surface area (Å²) in [5.74, 6) is 0.388. The molecule has 0 bridgehead atoms. The summed E-state index contributed by atoms with van der Waals surface area (Å²) in [5, 5.41) is 0. The van der Waals surface area contributed by atoms with E-state index in [0.717, 1.165) is 31.6 Å². The summed E-state index contributed by atoms with van der Waals surface area (Å²) < 4.78 is 9.88. The molecule has 4 nitrogen and oxygen atoms in total. The fourth-order valence-electron chi connectivity index (χ4n) is 2.82. The van der Waals surface area contributed by atoms with Crippen molar-refractivity contribution in [3.8, 4) is 0 Å². The molecule has 0 unspecified atom stereocenters. The van der Waals surface area contributed by atoms with Crippen LogP contribution in [0.4, 0.5) is 0 Å². The Hall–Kier alpha value is -1.06. The zero-order valence-corrected chi connectivity index (χ0v) is 12.9. The Labute approximate surface area is 122 Å². The van der Waals surface area contributed by atoms with E-state index in [1.54, 1.807) is 0 Å². The number of rotatable bonds is 8. The highest BCUT2D eigenvalue weighted by Crippen LogP contribution is 2.32. The van der Waals surface area contributed by atoms with Gasteiger partial charge in [0.25, 0.3) is 0 Å². The molecule has 116 valence electrons. The number of carbonyl (C=O) groups is 2. The first-order valence-electron chi connectivity index (χ1n) is 7.93. The smallest absolute Gasteiger partial charge is 0.309 e. The Morgan fingerprint density at radius 1 is 1.00 bits per heavy atom. The highest BCUT2D eigenvalue weighted by Gasteiger charge is 2.26. The molecule has 0 aromatic heterocycles. The molecular weight excluding hydrogens is 256 g/mol. The summed E-state index contributed by atoms with van der Waals surface area (Å²) in [7, 11) is 0. The number of esters is 2. The van der Waals surface area contributed by atoms with Gasteiger partial charge in [-0.1, -0.05) is 32.6 Å². The number of hydrogen-bond acceptors (Lipinski definition) is 4. The van der Waals surface area contributed by atoms with Gasteiger partial charge in [-0.3, -0.25) is 9.59 Å². The third-order valence-electron chi connectivity index (χ3n) is 4.03. The van der Waals surface area contributed by atoms with Crippen LogP contribution in [0.25, 0.3) is 0 Å². The summed E-state index contributed by atoms with van der Waals surface area (Å²) in [6, 6.07) is 0. The van der Waals surface area contributed by atoms with Gasteiger partial charge in [0.05, 0.1) is 5.92 Å². The summed E-state index contributed by atoms with van der Waals surface area (Å²) in [6.45, 7) is 3.91. The molecule has 20 heavy (non-hydrogen) atoms. The van der Waals surface area contributed by atoms with Crippen molar-refractivity contribution in [1.82, 2.24) is 0 Å². The van der Waals surface area contributed by atoms with Crippen molar-refractivity contribution in [2.24, 2.45) is 11.8 Å². The largest absolute Gasteiger partial charge is 0.462 e. The minimum atomic E-state index is -0.339. The van der Waals surface area contributed by atoms with E-state index in [4.69, 9.17) is 9.47 Å². The second kappa shape index (κ2) is 9.78. The van der Waals surface area contributed by atoms with Gasteiger partial charge in [0.15, 0.2) is 0 Å². The topological polar surface area (TPSA) is 52.6 Å². The maximum Gasteiger partial charge on any atom is 0.309 e. The lowest BCUT2D eigenvalue weighted by Crippen LogP contribution is -2.25. The zero-order valence-electron chi connectivity index (χ0n) is 12.9. The van der Waals surface area contributed by atoms with Crippen molar-refractivity contribution in [3.63, 3.8) is 0 Å². The van der Waals surface area contributed by atoms with E-state index in [9.17, 15) is 9.59 Å². The van der Waals surface area contributed by atoms with Crippen LogP contribution in [0.15, 0.2) is 0 Å². The van der Waals surface area contributed by atoms with Crippen molar-refractivity contribution in [1.29, 1.82) is 0 Å². The van der Waals surface area contributed by atoms with Crippen molar-refractivity contribution < 1.29 is 19.1 Å². The highest BCUT2D eigenvalue weighted by atomic mass is 16.6. The van der Waals surface area contributed by atoms with Crippen molar-refractivity contribution in [3.05, 3.63) is 0 Å². The number of unbranched alkanes of at least 4 members (excludes halogenated alkanes) is 2. The predicted octanol–water partition coefficient (Wildman–Crippen LogP) is 3.48. The fraction of sp³-hybridized carbons (Fsp3) is 0.875. The summed E-state index contributed by atoms with van der Waals surface area (Å²) in [4.78, 5) is 22.4. The Morgan fingerprint density at radius 2 is 1.65 bits per heavy atom. The van der Waals surface area contributed by atoms with Crippen molar-refractivity contribution in [2.45, 2.75) is 65.2 Å².